The number of amides is 2. The van der Waals surface area contributed by atoms with Crippen LogP contribution in [0.1, 0.15) is 23.2 Å². The first-order valence-electron chi connectivity index (χ1n) is 6.28. The molecule has 8 nitrogen and oxygen atoms in total. The second-order valence-electron chi connectivity index (χ2n) is 4.53. The van der Waals surface area contributed by atoms with Crippen LogP contribution in [0.3, 0.4) is 0 Å². The Balaban J connectivity index is 2.39. The van der Waals surface area contributed by atoms with Gasteiger partial charge >= 0.3 is 5.69 Å². The lowest BCUT2D eigenvalue weighted by atomic mass is 10.1. The van der Waals surface area contributed by atoms with E-state index < -0.39 is 22.6 Å². The van der Waals surface area contributed by atoms with Crippen LogP contribution in [0.2, 0.25) is 5.15 Å². The van der Waals surface area contributed by atoms with Crippen molar-refractivity contribution >= 4 is 29.1 Å². The van der Waals surface area contributed by atoms with E-state index in [0.717, 1.165) is 0 Å². The van der Waals surface area contributed by atoms with E-state index in [9.17, 15) is 19.7 Å². The third-order valence-electron chi connectivity index (χ3n) is 3.36. The molecule has 9 heteroatoms. The monoisotopic (exact) mass is 312 g/mol. The summed E-state index contributed by atoms with van der Waals surface area (Å²) in [4.78, 5) is 39.5. The minimum atomic E-state index is -0.743. The van der Waals surface area contributed by atoms with E-state index in [1.807, 2.05) is 0 Å². The van der Waals surface area contributed by atoms with Gasteiger partial charge < -0.3 is 10.2 Å². The maximum Gasteiger partial charge on any atom is 0.319 e. The van der Waals surface area contributed by atoms with Crippen LogP contribution in [0.5, 0.6) is 0 Å². The van der Waals surface area contributed by atoms with Crippen molar-refractivity contribution < 1.29 is 14.5 Å². The minimum absolute atomic E-state index is 0.157. The van der Waals surface area contributed by atoms with E-state index in [1.54, 1.807) is 0 Å². The van der Waals surface area contributed by atoms with Gasteiger partial charge in [0.25, 0.3) is 5.91 Å². The summed E-state index contributed by atoms with van der Waals surface area (Å²) in [5, 5.41) is 13.2. The van der Waals surface area contributed by atoms with Gasteiger partial charge in [-0.1, -0.05) is 11.6 Å². The number of likely N-dealkylation sites (N-methyl/N-ethyl adjacent to an activating group) is 1. The van der Waals surface area contributed by atoms with Crippen LogP contribution in [0.25, 0.3) is 0 Å². The lowest BCUT2D eigenvalue weighted by Crippen LogP contribution is -2.45. The van der Waals surface area contributed by atoms with E-state index in [1.165, 1.54) is 24.2 Å². The zero-order chi connectivity index (χ0) is 15.6. The summed E-state index contributed by atoms with van der Waals surface area (Å²) in [5.41, 5.74) is -0.692. The summed E-state index contributed by atoms with van der Waals surface area (Å²) in [7, 11) is 1.48. The molecule has 0 aliphatic carbocycles. The number of hydrogen-bond acceptors (Lipinski definition) is 5. The highest BCUT2D eigenvalue weighted by Crippen LogP contribution is 2.29. The fraction of sp³-hybridized carbons (Fsp3) is 0.417. The van der Waals surface area contributed by atoms with Gasteiger partial charge in [0.05, 0.1) is 4.92 Å². The van der Waals surface area contributed by atoms with Crippen molar-refractivity contribution in [2.24, 2.45) is 0 Å². The molecule has 1 N–H and O–H groups in total. The first kappa shape index (κ1) is 15.2. The van der Waals surface area contributed by atoms with Crippen LogP contribution in [0.15, 0.2) is 12.3 Å². The highest BCUT2D eigenvalue weighted by Gasteiger charge is 2.37. The minimum Gasteiger partial charge on any atom is -0.357 e. The number of nitrogens with one attached hydrogen (secondary N) is 1. The summed E-state index contributed by atoms with van der Waals surface area (Å²) in [5.74, 6) is -0.874. The van der Waals surface area contributed by atoms with E-state index in [2.05, 4.69) is 10.3 Å². The first-order chi connectivity index (χ1) is 9.97. The number of halogens is 1. The molecule has 0 saturated carbocycles. The summed E-state index contributed by atoms with van der Waals surface area (Å²) in [6.45, 7) is 0.369. The standard InChI is InChI=1S/C12H13ClN4O4/c1-14-11(18)8-3-2-6-16(8)12(19)7-4-5-15-10(13)9(7)17(20)21/h4-5,8H,2-3,6H2,1H3,(H,14,18). The van der Waals surface area contributed by atoms with E-state index in [-0.39, 0.29) is 16.6 Å². The molecule has 1 atom stereocenters. The fourth-order valence-corrected chi connectivity index (χ4v) is 2.61. The Morgan fingerprint density at radius 1 is 1.57 bits per heavy atom. The molecule has 0 aromatic carbocycles. The van der Waals surface area contributed by atoms with Gasteiger partial charge in [-0.05, 0) is 18.9 Å². The number of nitro groups is 1. The van der Waals surface area contributed by atoms with Crippen LogP contribution in [0.4, 0.5) is 5.69 Å². The second-order valence-corrected chi connectivity index (χ2v) is 4.88. The number of likely N-dealkylation sites (tertiary alicyclic amines) is 1. The Morgan fingerprint density at radius 3 is 2.90 bits per heavy atom. The number of hydrogen-bond donors (Lipinski definition) is 1. The average molecular weight is 313 g/mol. The molecular formula is C12H13ClN4O4. The van der Waals surface area contributed by atoms with Gasteiger partial charge in [-0.3, -0.25) is 19.7 Å². The zero-order valence-corrected chi connectivity index (χ0v) is 12.0. The number of carbonyl (C=O) groups is 2. The zero-order valence-electron chi connectivity index (χ0n) is 11.2. The van der Waals surface area contributed by atoms with Gasteiger partial charge in [0.15, 0.2) is 0 Å². The number of carbonyl (C=O) groups excluding carboxylic acids is 2. The summed E-state index contributed by atoms with van der Waals surface area (Å²) in [6, 6.07) is 0.625. The molecule has 2 heterocycles. The maximum absolute atomic E-state index is 12.5. The van der Waals surface area contributed by atoms with Crippen molar-refractivity contribution in [1.82, 2.24) is 15.2 Å². The highest BCUT2D eigenvalue weighted by atomic mass is 35.5. The number of aromatic nitrogens is 1. The van der Waals surface area contributed by atoms with Crippen molar-refractivity contribution in [3.63, 3.8) is 0 Å². The van der Waals surface area contributed by atoms with Crippen LogP contribution < -0.4 is 5.32 Å². The average Bonchev–Trinajstić information content (AvgIpc) is 2.94. The van der Waals surface area contributed by atoms with Crippen molar-refractivity contribution in [1.29, 1.82) is 0 Å². The molecule has 2 amide bonds. The Morgan fingerprint density at radius 2 is 2.29 bits per heavy atom. The molecule has 1 aromatic rings. The van der Waals surface area contributed by atoms with Gasteiger partial charge in [0, 0.05) is 19.8 Å². The lowest BCUT2D eigenvalue weighted by Gasteiger charge is -2.23. The predicted molar refractivity (Wildman–Crippen MR) is 74.0 cm³/mol. The molecule has 112 valence electrons. The molecule has 2 rings (SSSR count). The van der Waals surface area contributed by atoms with Gasteiger partial charge in [-0.15, -0.1) is 0 Å². The first-order valence-corrected chi connectivity index (χ1v) is 6.66. The molecule has 1 unspecified atom stereocenters. The third-order valence-corrected chi connectivity index (χ3v) is 3.63. The molecule has 1 saturated heterocycles. The molecule has 1 aliphatic heterocycles. The smallest absolute Gasteiger partial charge is 0.319 e. The predicted octanol–water partition coefficient (Wildman–Crippen LogP) is 0.994. The summed E-state index contributed by atoms with van der Waals surface area (Å²) >= 11 is 5.70. The highest BCUT2D eigenvalue weighted by molar-refractivity contribution is 6.32. The molecule has 21 heavy (non-hydrogen) atoms. The molecule has 0 bridgehead atoms. The van der Waals surface area contributed by atoms with E-state index in [0.29, 0.717) is 19.4 Å². The van der Waals surface area contributed by atoms with Gasteiger partial charge in [0.2, 0.25) is 11.1 Å². The van der Waals surface area contributed by atoms with Crippen molar-refractivity contribution in [2.75, 3.05) is 13.6 Å². The van der Waals surface area contributed by atoms with Crippen molar-refractivity contribution in [3.8, 4) is 0 Å². The van der Waals surface area contributed by atoms with Gasteiger partial charge in [0.1, 0.15) is 11.6 Å². The molecule has 1 fully saturated rings. The normalized spacial score (nSPS) is 17.6. The SMILES string of the molecule is CNC(=O)C1CCCN1C(=O)c1ccnc(Cl)c1[N+](=O)[O-]. The number of rotatable bonds is 3. The van der Waals surface area contributed by atoms with E-state index in [4.69, 9.17) is 11.6 Å². The molecule has 1 aliphatic rings. The quantitative estimate of drug-likeness (QED) is 0.509. The van der Waals surface area contributed by atoms with Gasteiger partial charge in [-0.25, -0.2) is 4.98 Å². The molecule has 1 aromatic heterocycles. The molecular weight excluding hydrogens is 300 g/mol. The Labute approximate surface area is 125 Å². The topological polar surface area (TPSA) is 105 Å². The molecule has 0 radical (unpaired) electrons. The lowest BCUT2D eigenvalue weighted by molar-refractivity contribution is -0.385. The Kier molecular flexibility index (Phi) is 4.37. The van der Waals surface area contributed by atoms with Crippen molar-refractivity contribution in [2.45, 2.75) is 18.9 Å². The van der Waals surface area contributed by atoms with Gasteiger partial charge in [-0.2, -0.15) is 0 Å². The summed E-state index contributed by atoms with van der Waals surface area (Å²) < 4.78 is 0. The van der Waals surface area contributed by atoms with Crippen LogP contribution in [0, 0.1) is 10.1 Å². The van der Waals surface area contributed by atoms with Crippen LogP contribution in [-0.2, 0) is 4.79 Å². The largest absolute Gasteiger partial charge is 0.357 e. The Hall–Kier alpha value is -2.22. The third kappa shape index (κ3) is 2.80. The van der Waals surface area contributed by atoms with Crippen LogP contribution >= 0.6 is 11.6 Å². The maximum atomic E-state index is 12.5. The Bertz CT molecular complexity index is 607. The van der Waals surface area contributed by atoms with Crippen molar-refractivity contribution in [3.05, 3.63) is 33.1 Å². The number of pyridine rings is 1. The second kappa shape index (κ2) is 6.04. The molecule has 0 spiro atoms. The summed E-state index contributed by atoms with van der Waals surface area (Å²) in [6.07, 6.45) is 2.42. The fourth-order valence-electron chi connectivity index (χ4n) is 2.38. The number of nitrogens with zero attached hydrogens (tertiary/aromatic N) is 3. The van der Waals surface area contributed by atoms with Crippen LogP contribution in [-0.4, -0.2) is 46.3 Å². The van der Waals surface area contributed by atoms with E-state index >= 15 is 0 Å².